The maximum atomic E-state index is 12.1. The number of hydrogen-bond acceptors (Lipinski definition) is 5. The van der Waals surface area contributed by atoms with Crippen LogP contribution >= 0.6 is 0 Å². The Hall–Kier alpha value is -2.42. The molecule has 2 aromatic rings. The van der Waals surface area contributed by atoms with Crippen molar-refractivity contribution in [1.82, 2.24) is 10.0 Å². The van der Waals surface area contributed by atoms with Crippen LogP contribution in [0.1, 0.15) is 22.3 Å². The highest BCUT2D eigenvalue weighted by molar-refractivity contribution is 7.89. The molecule has 7 nitrogen and oxygen atoms in total. The molecule has 0 aliphatic heterocycles. The van der Waals surface area contributed by atoms with E-state index in [2.05, 4.69) is 10.0 Å². The SMILES string of the molecule is COCCNS(=O)(=O)c1ccc(CNC(=O)COc2c(C)ccc(C)c2C)cc1. The van der Waals surface area contributed by atoms with Crippen LogP contribution in [0.4, 0.5) is 0 Å². The Morgan fingerprint density at radius 1 is 1.00 bits per heavy atom. The monoisotopic (exact) mass is 420 g/mol. The molecule has 0 spiro atoms. The van der Waals surface area contributed by atoms with Gasteiger partial charge < -0.3 is 14.8 Å². The Bertz CT molecular complexity index is 940. The lowest BCUT2D eigenvalue weighted by Crippen LogP contribution is -2.29. The molecule has 0 radical (unpaired) electrons. The normalized spacial score (nSPS) is 11.3. The van der Waals surface area contributed by atoms with Gasteiger partial charge in [0, 0.05) is 20.2 Å². The lowest BCUT2D eigenvalue weighted by molar-refractivity contribution is -0.123. The molecule has 29 heavy (non-hydrogen) atoms. The standard InChI is InChI=1S/C21H28N2O5S/c1-15-5-6-16(2)21(17(15)3)28-14-20(24)22-13-18-7-9-19(10-8-18)29(25,26)23-11-12-27-4/h5-10,23H,11-14H2,1-4H3,(H,22,24). The van der Waals surface area contributed by atoms with E-state index in [-0.39, 0.29) is 30.5 Å². The lowest BCUT2D eigenvalue weighted by atomic mass is 10.1. The molecule has 0 saturated heterocycles. The van der Waals surface area contributed by atoms with Crippen molar-refractivity contribution in [3.05, 3.63) is 58.7 Å². The molecule has 0 aliphatic carbocycles. The first-order valence-corrected chi connectivity index (χ1v) is 10.8. The number of hydrogen-bond donors (Lipinski definition) is 2. The second-order valence-corrected chi connectivity index (χ2v) is 8.52. The van der Waals surface area contributed by atoms with Gasteiger partial charge in [-0.25, -0.2) is 13.1 Å². The van der Waals surface area contributed by atoms with Gasteiger partial charge in [0.15, 0.2) is 6.61 Å². The Morgan fingerprint density at radius 2 is 1.66 bits per heavy atom. The average molecular weight is 421 g/mol. The fraction of sp³-hybridized carbons (Fsp3) is 0.381. The highest BCUT2D eigenvalue weighted by atomic mass is 32.2. The molecule has 8 heteroatoms. The first-order chi connectivity index (χ1) is 13.7. The zero-order valence-electron chi connectivity index (χ0n) is 17.2. The number of ether oxygens (including phenoxy) is 2. The summed E-state index contributed by atoms with van der Waals surface area (Å²) in [5.41, 5.74) is 3.90. The van der Waals surface area contributed by atoms with E-state index in [1.165, 1.54) is 19.2 Å². The molecule has 0 bridgehead atoms. The minimum Gasteiger partial charge on any atom is -0.483 e. The van der Waals surface area contributed by atoms with Gasteiger partial charge in [0.25, 0.3) is 5.91 Å². The second-order valence-electron chi connectivity index (χ2n) is 6.75. The molecule has 0 fully saturated rings. The molecule has 0 atom stereocenters. The van der Waals surface area contributed by atoms with Crippen LogP contribution < -0.4 is 14.8 Å². The maximum Gasteiger partial charge on any atom is 0.258 e. The molecule has 158 valence electrons. The summed E-state index contributed by atoms with van der Waals surface area (Å²) in [6.45, 7) is 6.61. The zero-order valence-corrected chi connectivity index (χ0v) is 18.1. The molecule has 0 aliphatic rings. The molecule has 0 unspecified atom stereocenters. The van der Waals surface area contributed by atoms with Crippen LogP contribution in [-0.4, -0.2) is 41.2 Å². The van der Waals surface area contributed by atoms with Crippen LogP contribution in [0.2, 0.25) is 0 Å². The average Bonchev–Trinajstić information content (AvgIpc) is 2.70. The number of rotatable bonds is 10. The molecular formula is C21H28N2O5S. The van der Waals surface area contributed by atoms with E-state index in [0.717, 1.165) is 28.0 Å². The second kappa shape index (κ2) is 10.4. The zero-order chi connectivity index (χ0) is 21.4. The van der Waals surface area contributed by atoms with Crippen molar-refractivity contribution < 1.29 is 22.7 Å². The number of benzene rings is 2. The minimum atomic E-state index is -3.57. The van der Waals surface area contributed by atoms with Crippen molar-refractivity contribution in [1.29, 1.82) is 0 Å². The van der Waals surface area contributed by atoms with Gasteiger partial charge >= 0.3 is 0 Å². The number of nitrogens with one attached hydrogen (secondary N) is 2. The number of carbonyl (C=O) groups is 1. The summed E-state index contributed by atoms with van der Waals surface area (Å²) in [6.07, 6.45) is 0. The first kappa shape index (κ1) is 22.9. The van der Waals surface area contributed by atoms with Gasteiger partial charge in [-0.15, -0.1) is 0 Å². The van der Waals surface area contributed by atoms with Gasteiger partial charge in [-0.05, 0) is 55.2 Å². The van der Waals surface area contributed by atoms with Gasteiger partial charge in [-0.3, -0.25) is 4.79 Å². The van der Waals surface area contributed by atoms with E-state index >= 15 is 0 Å². The van der Waals surface area contributed by atoms with E-state index in [1.807, 2.05) is 32.9 Å². The maximum absolute atomic E-state index is 12.1. The Labute approximate surface area is 172 Å². The first-order valence-electron chi connectivity index (χ1n) is 9.28. The van der Waals surface area contributed by atoms with Gasteiger partial charge in [0.1, 0.15) is 5.75 Å². The number of amides is 1. The van der Waals surface area contributed by atoms with Crippen molar-refractivity contribution in [2.45, 2.75) is 32.2 Å². The molecule has 2 rings (SSSR count). The molecular weight excluding hydrogens is 392 g/mol. The summed E-state index contributed by atoms with van der Waals surface area (Å²) in [7, 11) is -2.06. The number of carbonyl (C=O) groups excluding carboxylic acids is 1. The summed E-state index contributed by atoms with van der Waals surface area (Å²) < 4.78 is 37.2. The van der Waals surface area contributed by atoms with Crippen LogP contribution in [0.3, 0.4) is 0 Å². The molecule has 1 amide bonds. The van der Waals surface area contributed by atoms with E-state index < -0.39 is 10.0 Å². The van der Waals surface area contributed by atoms with Crippen molar-refractivity contribution in [3.63, 3.8) is 0 Å². The molecule has 0 heterocycles. The van der Waals surface area contributed by atoms with Crippen LogP contribution in [0.5, 0.6) is 5.75 Å². The Balaban J connectivity index is 1.87. The molecule has 2 N–H and O–H groups in total. The van der Waals surface area contributed by atoms with E-state index in [0.29, 0.717) is 6.61 Å². The number of methoxy groups -OCH3 is 1. The largest absolute Gasteiger partial charge is 0.483 e. The van der Waals surface area contributed by atoms with Gasteiger partial charge in [0.05, 0.1) is 11.5 Å². The molecule has 2 aromatic carbocycles. The van der Waals surface area contributed by atoms with Crippen LogP contribution in [0.25, 0.3) is 0 Å². The Morgan fingerprint density at radius 3 is 2.31 bits per heavy atom. The van der Waals surface area contributed by atoms with Crippen molar-refractivity contribution in [2.75, 3.05) is 26.9 Å². The summed E-state index contributed by atoms with van der Waals surface area (Å²) in [5.74, 6) is 0.485. The van der Waals surface area contributed by atoms with Gasteiger partial charge in [-0.1, -0.05) is 24.3 Å². The summed E-state index contributed by atoms with van der Waals surface area (Å²) >= 11 is 0. The van der Waals surface area contributed by atoms with Crippen molar-refractivity contribution in [3.8, 4) is 5.75 Å². The minimum absolute atomic E-state index is 0.0823. The predicted octanol–water partition coefficient (Wildman–Crippen LogP) is 2.23. The third kappa shape index (κ3) is 6.56. The summed E-state index contributed by atoms with van der Waals surface area (Å²) in [5, 5.41) is 2.78. The Kier molecular flexibility index (Phi) is 8.19. The van der Waals surface area contributed by atoms with Crippen molar-refractivity contribution >= 4 is 15.9 Å². The predicted molar refractivity (Wildman–Crippen MR) is 112 cm³/mol. The third-order valence-corrected chi connectivity index (χ3v) is 6.02. The third-order valence-electron chi connectivity index (χ3n) is 4.54. The van der Waals surface area contributed by atoms with E-state index in [4.69, 9.17) is 9.47 Å². The number of sulfonamides is 1. The quantitative estimate of drug-likeness (QED) is 0.575. The number of aryl methyl sites for hydroxylation is 2. The summed E-state index contributed by atoms with van der Waals surface area (Å²) in [6, 6.07) is 10.3. The van der Waals surface area contributed by atoms with Gasteiger partial charge in [-0.2, -0.15) is 0 Å². The van der Waals surface area contributed by atoms with E-state index in [9.17, 15) is 13.2 Å². The lowest BCUT2D eigenvalue weighted by Gasteiger charge is -2.14. The summed E-state index contributed by atoms with van der Waals surface area (Å²) in [4.78, 5) is 12.3. The topological polar surface area (TPSA) is 93.7 Å². The molecule has 0 saturated carbocycles. The van der Waals surface area contributed by atoms with Crippen LogP contribution in [0.15, 0.2) is 41.3 Å². The fourth-order valence-electron chi connectivity index (χ4n) is 2.68. The van der Waals surface area contributed by atoms with Crippen LogP contribution in [-0.2, 0) is 26.1 Å². The highest BCUT2D eigenvalue weighted by Gasteiger charge is 2.13. The smallest absolute Gasteiger partial charge is 0.258 e. The molecule has 0 aromatic heterocycles. The van der Waals surface area contributed by atoms with Crippen LogP contribution in [0, 0.1) is 20.8 Å². The van der Waals surface area contributed by atoms with Crippen molar-refractivity contribution in [2.24, 2.45) is 0 Å². The van der Waals surface area contributed by atoms with Gasteiger partial charge in [0.2, 0.25) is 10.0 Å². The van der Waals surface area contributed by atoms with E-state index in [1.54, 1.807) is 12.1 Å². The fourth-order valence-corrected chi connectivity index (χ4v) is 3.70. The highest BCUT2D eigenvalue weighted by Crippen LogP contribution is 2.25.